The van der Waals surface area contributed by atoms with Crippen molar-refractivity contribution in [3.8, 4) is 0 Å². The highest BCUT2D eigenvalue weighted by Crippen LogP contribution is 2.14. The van der Waals surface area contributed by atoms with Crippen molar-refractivity contribution >= 4 is 11.8 Å². The van der Waals surface area contributed by atoms with Gasteiger partial charge in [0.2, 0.25) is 5.91 Å². The monoisotopic (exact) mass is 248 g/mol. The molecule has 0 unspecified atom stereocenters. The van der Waals surface area contributed by atoms with Gasteiger partial charge in [0.15, 0.2) is 0 Å². The van der Waals surface area contributed by atoms with Gasteiger partial charge in [-0.05, 0) is 13.8 Å². The Morgan fingerprint density at radius 2 is 2.11 bits per heavy atom. The fraction of sp³-hybridized carbons (Fsp3) is 0.500. The Kier molecular flexibility index (Phi) is 3.55. The quantitative estimate of drug-likeness (QED) is 0.830. The van der Waals surface area contributed by atoms with Crippen LogP contribution in [0, 0.1) is 0 Å². The predicted octanol–water partition coefficient (Wildman–Crippen LogP) is 0.216. The maximum atomic E-state index is 11.9. The lowest BCUT2D eigenvalue weighted by molar-refractivity contribution is -0.129. The SMILES string of the molecule is CC(C)N1C[C@@H](NC(=O)c2cncnc2)CC1=O. The number of nitrogens with zero attached hydrogens (tertiary/aromatic N) is 3. The highest BCUT2D eigenvalue weighted by molar-refractivity contribution is 5.94. The highest BCUT2D eigenvalue weighted by Gasteiger charge is 2.32. The molecule has 1 fully saturated rings. The van der Waals surface area contributed by atoms with Gasteiger partial charge in [-0.1, -0.05) is 0 Å². The van der Waals surface area contributed by atoms with Gasteiger partial charge in [0.25, 0.3) is 5.91 Å². The summed E-state index contributed by atoms with van der Waals surface area (Å²) in [6.07, 6.45) is 4.65. The van der Waals surface area contributed by atoms with E-state index in [-0.39, 0.29) is 23.9 Å². The molecular weight excluding hydrogens is 232 g/mol. The summed E-state index contributed by atoms with van der Waals surface area (Å²) < 4.78 is 0. The minimum atomic E-state index is -0.237. The van der Waals surface area contributed by atoms with Gasteiger partial charge < -0.3 is 10.2 Å². The molecule has 1 aliphatic heterocycles. The first-order chi connectivity index (χ1) is 8.58. The highest BCUT2D eigenvalue weighted by atomic mass is 16.2. The third-order valence-electron chi connectivity index (χ3n) is 2.94. The van der Waals surface area contributed by atoms with E-state index < -0.39 is 0 Å². The van der Waals surface area contributed by atoms with Crippen LogP contribution in [0.1, 0.15) is 30.6 Å². The number of aromatic nitrogens is 2. The van der Waals surface area contributed by atoms with Crippen molar-refractivity contribution in [1.29, 1.82) is 0 Å². The number of likely N-dealkylation sites (tertiary alicyclic amines) is 1. The molecule has 0 radical (unpaired) electrons. The summed E-state index contributed by atoms with van der Waals surface area (Å²) in [6.45, 7) is 4.50. The van der Waals surface area contributed by atoms with Crippen molar-refractivity contribution in [3.63, 3.8) is 0 Å². The van der Waals surface area contributed by atoms with Crippen LogP contribution in [0.5, 0.6) is 0 Å². The van der Waals surface area contributed by atoms with Crippen molar-refractivity contribution in [2.75, 3.05) is 6.54 Å². The second-order valence-electron chi connectivity index (χ2n) is 4.64. The molecule has 0 saturated carbocycles. The largest absolute Gasteiger partial charge is 0.347 e. The maximum Gasteiger partial charge on any atom is 0.254 e. The summed E-state index contributed by atoms with van der Waals surface area (Å²) in [7, 11) is 0. The third-order valence-corrected chi connectivity index (χ3v) is 2.94. The zero-order valence-corrected chi connectivity index (χ0v) is 10.5. The van der Waals surface area contributed by atoms with E-state index >= 15 is 0 Å². The lowest BCUT2D eigenvalue weighted by Crippen LogP contribution is -2.38. The molecule has 1 atom stereocenters. The second kappa shape index (κ2) is 5.12. The lowest BCUT2D eigenvalue weighted by atomic mass is 10.2. The van der Waals surface area contributed by atoms with E-state index in [1.165, 1.54) is 18.7 Å². The lowest BCUT2D eigenvalue weighted by Gasteiger charge is -2.21. The van der Waals surface area contributed by atoms with Crippen molar-refractivity contribution in [2.45, 2.75) is 32.4 Å². The first kappa shape index (κ1) is 12.5. The summed E-state index contributed by atoms with van der Waals surface area (Å²) in [5.74, 6) is -0.154. The van der Waals surface area contributed by atoms with Gasteiger partial charge in [-0.25, -0.2) is 9.97 Å². The zero-order valence-electron chi connectivity index (χ0n) is 10.5. The molecule has 0 aliphatic carbocycles. The van der Waals surface area contributed by atoms with Gasteiger partial charge >= 0.3 is 0 Å². The van der Waals surface area contributed by atoms with Crippen LogP contribution >= 0.6 is 0 Å². The molecular formula is C12H16N4O2. The number of carbonyl (C=O) groups is 2. The van der Waals surface area contributed by atoms with Crippen LogP contribution in [0.15, 0.2) is 18.7 Å². The topological polar surface area (TPSA) is 75.2 Å². The summed E-state index contributed by atoms with van der Waals surface area (Å²) >= 11 is 0. The zero-order chi connectivity index (χ0) is 13.1. The Balaban J connectivity index is 1.96. The molecule has 0 aromatic carbocycles. The Bertz CT molecular complexity index is 447. The van der Waals surface area contributed by atoms with Gasteiger partial charge in [-0.3, -0.25) is 9.59 Å². The van der Waals surface area contributed by atoms with Crippen LogP contribution < -0.4 is 5.32 Å². The van der Waals surface area contributed by atoms with Crippen LogP contribution in [0.4, 0.5) is 0 Å². The van der Waals surface area contributed by atoms with E-state index in [4.69, 9.17) is 0 Å². The van der Waals surface area contributed by atoms with E-state index in [9.17, 15) is 9.59 Å². The normalized spacial score (nSPS) is 19.4. The number of hydrogen-bond donors (Lipinski definition) is 1. The van der Waals surface area contributed by atoms with Crippen LogP contribution in [-0.2, 0) is 4.79 Å². The average Bonchev–Trinajstić information content (AvgIpc) is 2.71. The summed E-state index contributed by atoms with van der Waals surface area (Å²) in [5, 5.41) is 2.83. The molecule has 2 rings (SSSR count). The van der Waals surface area contributed by atoms with E-state index in [1.807, 2.05) is 13.8 Å². The van der Waals surface area contributed by atoms with Crippen molar-refractivity contribution < 1.29 is 9.59 Å². The maximum absolute atomic E-state index is 11.9. The van der Waals surface area contributed by atoms with Gasteiger partial charge in [0.1, 0.15) is 6.33 Å². The number of hydrogen-bond acceptors (Lipinski definition) is 4. The molecule has 1 aromatic rings. The molecule has 0 spiro atoms. The van der Waals surface area contributed by atoms with Crippen molar-refractivity contribution in [2.24, 2.45) is 0 Å². The summed E-state index contributed by atoms with van der Waals surface area (Å²) in [6, 6.07) is 0.0343. The van der Waals surface area contributed by atoms with E-state index in [1.54, 1.807) is 4.90 Å². The van der Waals surface area contributed by atoms with Crippen molar-refractivity contribution in [1.82, 2.24) is 20.2 Å². The van der Waals surface area contributed by atoms with Crippen LogP contribution in [0.25, 0.3) is 0 Å². The van der Waals surface area contributed by atoms with Crippen LogP contribution in [0.3, 0.4) is 0 Å². The minimum absolute atomic E-state index is 0.0830. The molecule has 6 heteroatoms. The molecule has 18 heavy (non-hydrogen) atoms. The smallest absolute Gasteiger partial charge is 0.254 e. The van der Waals surface area contributed by atoms with E-state index in [2.05, 4.69) is 15.3 Å². The number of carbonyl (C=O) groups excluding carboxylic acids is 2. The minimum Gasteiger partial charge on any atom is -0.347 e. The Labute approximate surface area is 105 Å². The molecule has 2 amide bonds. The fourth-order valence-electron chi connectivity index (χ4n) is 2.01. The first-order valence-electron chi connectivity index (χ1n) is 5.93. The Hall–Kier alpha value is -1.98. The third kappa shape index (κ3) is 2.64. The van der Waals surface area contributed by atoms with Gasteiger partial charge in [-0.15, -0.1) is 0 Å². The van der Waals surface area contributed by atoms with Gasteiger partial charge in [0, 0.05) is 31.4 Å². The molecule has 0 bridgehead atoms. The Morgan fingerprint density at radius 3 is 2.67 bits per heavy atom. The molecule has 1 aromatic heterocycles. The fourth-order valence-corrected chi connectivity index (χ4v) is 2.01. The summed E-state index contributed by atoms with van der Waals surface area (Å²) in [4.78, 5) is 32.9. The first-order valence-corrected chi connectivity index (χ1v) is 5.93. The molecule has 1 N–H and O–H groups in total. The second-order valence-corrected chi connectivity index (χ2v) is 4.64. The molecule has 1 aliphatic rings. The predicted molar refractivity (Wildman–Crippen MR) is 64.8 cm³/mol. The molecule has 2 heterocycles. The molecule has 96 valence electrons. The van der Waals surface area contributed by atoms with Crippen molar-refractivity contribution in [3.05, 3.63) is 24.3 Å². The van der Waals surface area contributed by atoms with E-state index in [0.717, 1.165) is 0 Å². The van der Waals surface area contributed by atoms with E-state index in [0.29, 0.717) is 18.5 Å². The van der Waals surface area contributed by atoms with Crippen LogP contribution in [0.2, 0.25) is 0 Å². The van der Waals surface area contributed by atoms with Gasteiger partial charge in [0.05, 0.1) is 11.6 Å². The number of nitrogens with one attached hydrogen (secondary N) is 1. The molecule has 1 saturated heterocycles. The van der Waals surface area contributed by atoms with Gasteiger partial charge in [-0.2, -0.15) is 0 Å². The van der Waals surface area contributed by atoms with Crippen LogP contribution in [-0.4, -0.2) is 45.3 Å². The number of amides is 2. The number of rotatable bonds is 3. The molecule has 6 nitrogen and oxygen atoms in total. The average molecular weight is 248 g/mol. The standard InChI is InChI=1S/C12H16N4O2/c1-8(2)16-6-10(3-11(16)17)15-12(18)9-4-13-7-14-5-9/h4-5,7-8,10H,3,6H2,1-2H3,(H,15,18)/t10-/m0/s1. The Morgan fingerprint density at radius 1 is 1.44 bits per heavy atom. The summed E-state index contributed by atoms with van der Waals surface area (Å²) in [5.41, 5.74) is 0.410.